The third-order valence-electron chi connectivity index (χ3n) is 4.86. The lowest BCUT2D eigenvalue weighted by Crippen LogP contribution is -2.17. The first-order valence-corrected chi connectivity index (χ1v) is 10.2. The van der Waals surface area contributed by atoms with Gasteiger partial charge in [0, 0.05) is 36.6 Å². The summed E-state index contributed by atoms with van der Waals surface area (Å²) in [6.07, 6.45) is 3.32. The maximum absolute atomic E-state index is 12.4. The number of rotatable bonds is 6. The number of aromatic nitrogens is 2. The van der Waals surface area contributed by atoms with Crippen LogP contribution in [0.4, 0.5) is 11.7 Å². The van der Waals surface area contributed by atoms with Crippen molar-refractivity contribution in [2.75, 3.05) is 19.5 Å². The number of hydrogen-bond acceptors (Lipinski definition) is 6. The molecule has 0 aliphatic heterocycles. The molecule has 0 aliphatic rings. The highest BCUT2D eigenvalue weighted by molar-refractivity contribution is 6.29. The first kappa shape index (κ1) is 21.4. The van der Waals surface area contributed by atoms with Crippen LogP contribution < -0.4 is 15.6 Å². The predicted octanol–water partition coefficient (Wildman–Crippen LogP) is 5.26. The normalized spacial score (nSPS) is 11.1. The zero-order chi connectivity index (χ0) is 22.7. The minimum atomic E-state index is -0.234. The topological polar surface area (TPSA) is 81.7 Å². The highest BCUT2D eigenvalue weighted by Crippen LogP contribution is 2.30. The number of aliphatic imine (C=N–C) groups is 1. The molecule has 4 rings (SSSR count). The molecule has 0 amide bonds. The van der Waals surface area contributed by atoms with Crippen molar-refractivity contribution >= 4 is 29.5 Å². The quantitative estimate of drug-likeness (QED) is 0.321. The van der Waals surface area contributed by atoms with E-state index in [-0.39, 0.29) is 5.56 Å². The van der Waals surface area contributed by atoms with Crippen LogP contribution in [-0.4, -0.2) is 29.9 Å². The smallest absolute Gasteiger partial charge is 0.299 e. The van der Waals surface area contributed by atoms with Crippen molar-refractivity contribution in [3.63, 3.8) is 0 Å². The number of aryl methyl sites for hydroxylation is 1. The summed E-state index contributed by atoms with van der Waals surface area (Å²) in [5.41, 5.74) is 3.73. The van der Waals surface area contributed by atoms with Gasteiger partial charge in [-0.2, -0.15) is 0 Å². The van der Waals surface area contributed by atoms with Crippen LogP contribution in [0, 0.1) is 6.92 Å². The van der Waals surface area contributed by atoms with Gasteiger partial charge in [0.05, 0.1) is 19.0 Å². The molecule has 0 spiro atoms. The molecule has 0 unspecified atom stereocenters. The number of ether oxygens (including phenoxy) is 1. The SMILES string of the molecule is CN=Cc1cc(-c2cnc(Nc3cc(OC)ccc3C)o2)cc(-n2c(Cl)cccc2=O)c1. The number of nitrogens with zero attached hydrogens (tertiary/aromatic N) is 3. The molecule has 32 heavy (non-hydrogen) atoms. The monoisotopic (exact) mass is 448 g/mol. The predicted molar refractivity (Wildman–Crippen MR) is 127 cm³/mol. The number of pyridine rings is 1. The summed E-state index contributed by atoms with van der Waals surface area (Å²) >= 11 is 6.30. The van der Waals surface area contributed by atoms with Crippen molar-refractivity contribution < 1.29 is 9.15 Å². The molecular weight excluding hydrogens is 428 g/mol. The van der Waals surface area contributed by atoms with E-state index in [9.17, 15) is 4.79 Å². The number of halogens is 1. The summed E-state index contributed by atoms with van der Waals surface area (Å²) in [7, 11) is 3.30. The zero-order valence-corrected chi connectivity index (χ0v) is 18.6. The Kier molecular flexibility index (Phi) is 6.09. The fourth-order valence-corrected chi connectivity index (χ4v) is 3.54. The first-order valence-electron chi connectivity index (χ1n) is 9.81. The average molecular weight is 449 g/mol. The molecule has 0 fully saturated rings. The van der Waals surface area contributed by atoms with Crippen LogP contribution >= 0.6 is 11.6 Å². The summed E-state index contributed by atoms with van der Waals surface area (Å²) in [4.78, 5) is 20.9. The van der Waals surface area contributed by atoms with Crippen LogP contribution in [0.5, 0.6) is 5.75 Å². The van der Waals surface area contributed by atoms with Gasteiger partial charge in [0.15, 0.2) is 5.76 Å². The Morgan fingerprint density at radius 3 is 2.78 bits per heavy atom. The van der Waals surface area contributed by atoms with E-state index in [1.165, 1.54) is 10.6 Å². The molecule has 4 aromatic rings. The minimum absolute atomic E-state index is 0.234. The lowest BCUT2D eigenvalue weighted by molar-refractivity contribution is 0.415. The van der Waals surface area contributed by atoms with Crippen LogP contribution in [0.1, 0.15) is 11.1 Å². The van der Waals surface area contributed by atoms with E-state index < -0.39 is 0 Å². The van der Waals surface area contributed by atoms with Gasteiger partial charge in [-0.1, -0.05) is 23.7 Å². The molecule has 0 bridgehead atoms. The Balaban J connectivity index is 1.74. The molecule has 0 atom stereocenters. The summed E-state index contributed by atoms with van der Waals surface area (Å²) in [6, 6.07) is 16.3. The van der Waals surface area contributed by atoms with Crippen LogP contribution in [0.15, 0.2) is 75.0 Å². The molecular formula is C24H21ClN4O3. The van der Waals surface area contributed by atoms with Crippen molar-refractivity contribution in [3.8, 4) is 22.8 Å². The van der Waals surface area contributed by atoms with Crippen LogP contribution in [0.2, 0.25) is 5.15 Å². The van der Waals surface area contributed by atoms with Crippen molar-refractivity contribution in [2.45, 2.75) is 6.92 Å². The molecule has 2 aromatic heterocycles. The molecule has 2 aromatic carbocycles. The first-order chi connectivity index (χ1) is 15.5. The van der Waals surface area contributed by atoms with Gasteiger partial charge < -0.3 is 14.5 Å². The Bertz CT molecular complexity index is 1360. The molecule has 0 saturated heterocycles. The van der Waals surface area contributed by atoms with Crippen molar-refractivity contribution in [1.82, 2.24) is 9.55 Å². The molecule has 7 nitrogen and oxygen atoms in total. The van der Waals surface area contributed by atoms with Crippen molar-refractivity contribution in [1.29, 1.82) is 0 Å². The van der Waals surface area contributed by atoms with Crippen molar-refractivity contribution in [3.05, 3.63) is 87.4 Å². The second-order valence-electron chi connectivity index (χ2n) is 7.06. The van der Waals surface area contributed by atoms with E-state index in [1.54, 1.807) is 38.7 Å². The average Bonchev–Trinajstić information content (AvgIpc) is 3.24. The lowest BCUT2D eigenvalue weighted by atomic mass is 10.1. The maximum Gasteiger partial charge on any atom is 0.299 e. The van der Waals surface area contributed by atoms with E-state index in [4.69, 9.17) is 20.8 Å². The number of benzene rings is 2. The molecule has 8 heteroatoms. The third kappa shape index (κ3) is 4.43. The van der Waals surface area contributed by atoms with Crippen LogP contribution in [0.25, 0.3) is 17.0 Å². The largest absolute Gasteiger partial charge is 0.497 e. The molecule has 1 N–H and O–H groups in total. The van der Waals surface area contributed by atoms with Gasteiger partial charge in [-0.05, 0) is 48.4 Å². The van der Waals surface area contributed by atoms with Gasteiger partial charge >= 0.3 is 0 Å². The molecule has 162 valence electrons. The zero-order valence-electron chi connectivity index (χ0n) is 17.8. The van der Waals surface area contributed by atoms with E-state index in [0.29, 0.717) is 22.6 Å². The Hall–Kier alpha value is -3.84. The molecule has 0 aliphatic carbocycles. The van der Waals surface area contributed by atoms with Gasteiger partial charge in [0.2, 0.25) is 0 Å². The maximum atomic E-state index is 12.4. The molecule has 2 heterocycles. The second kappa shape index (κ2) is 9.11. The van der Waals surface area contributed by atoms with E-state index in [0.717, 1.165) is 28.1 Å². The third-order valence-corrected chi connectivity index (χ3v) is 5.15. The molecule has 0 radical (unpaired) electrons. The van der Waals surface area contributed by atoms with Crippen LogP contribution in [0.3, 0.4) is 0 Å². The standard InChI is InChI=1S/C24H21ClN4O3/c1-15-7-8-19(31-3)12-20(15)28-24-27-14-21(32-24)17-9-16(13-26-2)10-18(11-17)29-22(25)5-4-6-23(29)30/h4-14H,1-3H3,(H,27,28). The number of oxazole rings is 1. The van der Waals surface area contributed by atoms with Gasteiger partial charge in [-0.3, -0.25) is 14.4 Å². The van der Waals surface area contributed by atoms with E-state index >= 15 is 0 Å². The number of hydrogen-bond donors (Lipinski definition) is 1. The van der Waals surface area contributed by atoms with Gasteiger partial charge in [-0.25, -0.2) is 4.98 Å². The number of methoxy groups -OCH3 is 1. The van der Waals surface area contributed by atoms with E-state index in [2.05, 4.69) is 15.3 Å². The summed E-state index contributed by atoms with van der Waals surface area (Å²) < 4.78 is 12.7. The molecule has 0 saturated carbocycles. The highest BCUT2D eigenvalue weighted by Gasteiger charge is 2.13. The van der Waals surface area contributed by atoms with Crippen LogP contribution in [-0.2, 0) is 0 Å². The van der Waals surface area contributed by atoms with Crippen molar-refractivity contribution in [2.24, 2.45) is 4.99 Å². The number of nitrogens with one attached hydrogen (secondary N) is 1. The van der Waals surface area contributed by atoms with Gasteiger partial charge in [0.25, 0.3) is 11.6 Å². The summed E-state index contributed by atoms with van der Waals surface area (Å²) in [5, 5.41) is 3.49. The fraction of sp³-hybridized carbons (Fsp3) is 0.125. The van der Waals surface area contributed by atoms with E-state index in [1.807, 2.05) is 43.3 Å². The lowest BCUT2D eigenvalue weighted by Gasteiger charge is -2.11. The highest BCUT2D eigenvalue weighted by atomic mass is 35.5. The van der Waals surface area contributed by atoms with Gasteiger partial charge in [0.1, 0.15) is 10.9 Å². The Morgan fingerprint density at radius 1 is 1.19 bits per heavy atom. The summed E-state index contributed by atoms with van der Waals surface area (Å²) in [5.74, 6) is 1.26. The fourth-order valence-electron chi connectivity index (χ4n) is 3.29. The van der Waals surface area contributed by atoms with Gasteiger partial charge in [-0.15, -0.1) is 0 Å². The second-order valence-corrected chi connectivity index (χ2v) is 7.45. The summed E-state index contributed by atoms with van der Waals surface area (Å²) in [6.45, 7) is 1.98. The minimum Gasteiger partial charge on any atom is -0.497 e. The Labute approximate surface area is 190 Å². The Morgan fingerprint density at radius 2 is 2.03 bits per heavy atom. The number of anilines is 2.